The molecule has 0 aliphatic rings. The Morgan fingerprint density at radius 3 is 1.31 bits per heavy atom. The number of rotatable bonds is 2. The average molecular weight is 244 g/mol. The summed E-state index contributed by atoms with van der Waals surface area (Å²) >= 11 is 0. The van der Waals surface area contributed by atoms with Crippen molar-refractivity contribution in [3.05, 3.63) is 0 Å². The Bertz CT molecular complexity index is 420. The zero-order valence-corrected chi connectivity index (χ0v) is 11.5. The summed E-state index contributed by atoms with van der Waals surface area (Å²) in [4.78, 5) is 0. The van der Waals surface area contributed by atoms with Crippen LogP contribution in [-0.4, -0.2) is 22.8 Å². The van der Waals surface area contributed by atoms with Crippen molar-refractivity contribution in [2.75, 3.05) is 0 Å². The largest absolute Gasteiger partial charge is 0.305 e. The maximum Gasteiger partial charge on any atom is 0.125 e. The van der Waals surface area contributed by atoms with E-state index in [2.05, 4.69) is 23.7 Å². The van der Waals surface area contributed by atoms with Crippen molar-refractivity contribution in [3.63, 3.8) is 0 Å². The summed E-state index contributed by atoms with van der Waals surface area (Å²) in [5, 5.41) is 0. The van der Waals surface area contributed by atoms with E-state index in [0.29, 0.717) is 0 Å². The van der Waals surface area contributed by atoms with E-state index in [1.54, 1.807) is 13.8 Å². The fourth-order valence-electron chi connectivity index (χ4n) is 1.42. The van der Waals surface area contributed by atoms with Gasteiger partial charge in [0.1, 0.15) is 19.1 Å². The van der Waals surface area contributed by atoms with Gasteiger partial charge in [0.15, 0.2) is 0 Å². The van der Waals surface area contributed by atoms with E-state index >= 15 is 0 Å². The molecule has 0 spiro atoms. The Morgan fingerprint density at radius 1 is 0.875 bits per heavy atom. The van der Waals surface area contributed by atoms with Crippen molar-refractivity contribution in [1.29, 1.82) is 0 Å². The van der Waals surface area contributed by atoms with Gasteiger partial charge in [-0.25, -0.2) is 4.21 Å². The highest BCUT2D eigenvalue weighted by Gasteiger charge is 2.57. The molecule has 0 atom stereocenters. The molecule has 0 unspecified atom stereocenters. The molecule has 0 fully saturated rings. The van der Waals surface area contributed by atoms with Gasteiger partial charge in [-0.15, -0.1) is 11.8 Å². The molecule has 16 heavy (non-hydrogen) atoms. The van der Waals surface area contributed by atoms with Crippen molar-refractivity contribution in [2.24, 2.45) is 0 Å². The Balaban J connectivity index is 6.02. The second kappa shape index (κ2) is 3.89. The van der Waals surface area contributed by atoms with E-state index < -0.39 is 19.1 Å². The van der Waals surface area contributed by atoms with Gasteiger partial charge in [-0.3, -0.25) is 0 Å². The van der Waals surface area contributed by atoms with Crippen molar-refractivity contribution in [1.82, 2.24) is 0 Å². The summed E-state index contributed by atoms with van der Waals surface area (Å²) in [7, 11) is -5.00. The highest BCUT2D eigenvalue weighted by molar-refractivity contribution is 8.13. The lowest BCUT2D eigenvalue weighted by atomic mass is 10.2. The molecule has 0 aliphatic carbocycles. The molecular formula is C12H20O3S. The van der Waals surface area contributed by atoms with Gasteiger partial charge in [0.05, 0.1) is 0 Å². The SMILES string of the molecule is CC#CC(C)(C)S(=O)(O)(O)C(C)(C)C#CC. The van der Waals surface area contributed by atoms with E-state index in [1.165, 1.54) is 27.7 Å². The lowest BCUT2D eigenvalue weighted by molar-refractivity contribution is 0.345. The summed E-state index contributed by atoms with van der Waals surface area (Å²) in [5.74, 6) is 10.3. The molecule has 4 heteroatoms. The second-order valence-electron chi connectivity index (χ2n) is 4.64. The summed E-state index contributed by atoms with van der Waals surface area (Å²) < 4.78 is 30.1. The zero-order chi connectivity index (χ0) is 13.3. The van der Waals surface area contributed by atoms with Crippen LogP contribution in [0.2, 0.25) is 0 Å². The van der Waals surface area contributed by atoms with Crippen LogP contribution in [0.3, 0.4) is 0 Å². The van der Waals surface area contributed by atoms with Crippen LogP contribution in [0.1, 0.15) is 41.5 Å². The van der Waals surface area contributed by atoms with Crippen LogP contribution in [0.15, 0.2) is 0 Å². The molecule has 0 aromatic carbocycles. The average Bonchev–Trinajstić information content (AvgIpc) is 2.01. The first-order valence-corrected chi connectivity index (χ1v) is 6.82. The molecule has 0 bridgehead atoms. The predicted molar refractivity (Wildman–Crippen MR) is 68.5 cm³/mol. The first-order valence-electron chi connectivity index (χ1n) is 4.94. The molecule has 0 saturated heterocycles. The number of hydrogen-bond donors (Lipinski definition) is 2. The quantitative estimate of drug-likeness (QED) is 0.733. The summed E-state index contributed by atoms with van der Waals surface area (Å²) in [6.07, 6.45) is 0. The Morgan fingerprint density at radius 2 is 1.12 bits per heavy atom. The Labute approximate surface area is 98.1 Å². The molecule has 92 valence electrons. The highest BCUT2D eigenvalue weighted by atomic mass is 32.3. The number of hydrogen-bond acceptors (Lipinski definition) is 1. The molecule has 0 heterocycles. The van der Waals surface area contributed by atoms with Gasteiger partial charge in [-0.2, -0.15) is 0 Å². The van der Waals surface area contributed by atoms with Crippen LogP contribution < -0.4 is 0 Å². The fraction of sp³-hybridized carbons (Fsp3) is 0.667. The maximum absolute atomic E-state index is 12.5. The van der Waals surface area contributed by atoms with Crippen molar-refractivity contribution in [3.8, 4) is 23.7 Å². The van der Waals surface area contributed by atoms with E-state index in [-0.39, 0.29) is 0 Å². The normalized spacial score (nSPS) is 14.9. The van der Waals surface area contributed by atoms with E-state index in [9.17, 15) is 13.3 Å². The van der Waals surface area contributed by atoms with Crippen LogP contribution in [0.4, 0.5) is 0 Å². The van der Waals surface area contributed by atoms with Gasteiger partial charge in [-0.1, -0.05) is 11.8 Å². The molecular weight excluding hydrogens is 224 g/mol. The van der Waals surface area contributed by atoms with Gasteiger partial charge in [-0.05, 0) is 41.5 Å². The van der Waals surface area contributed by atoms with Crippen LogP contribution in [0.5, 0.6) is 0 Å². The standard InChI is InChI=1S/C12H20O3S/c1-7-9-11(3,4)16(13,14,15)12(5,6)10-8-2/h1-6H3,(H2,13,14,15). The lowest BCUT2D eigenvalue weighted by Crippen LogP contribution is -2.62. The smallest absolute Gasteiger partial charge is 0.125 e. The minimum atomic E-state index is -5.00. The van der Waals surface area contributed by atoms with Gasteiger partial charge >= 0.3 is 0 Å². The van der Waals surface area contributed by atoms with Crippen molar-refractivity contribution >= 4 is 9.63 Å². The molecule has 0 aromatic rings. The lowest BCUT2D eigenvalue weighted by Gasteiger charge is -2.49. The van der Waals surface area contributed by atoms with Crippen LogP contribution in [0, 0.1) is 23.7 Å². The van der Waals surface area contributed by atoms with Crippen LogP contribution >= 0.6 is 0 Å². The zero-order valence-electron chi connectivity index (χ0n) is 10.7. The first kappa shape index (κ1) is 15.2. The third-order valence-electron chi connectivity index (χ3n) is 2.69. The summed E-state index contributed by atoms with van der Waals surface area (Å²) in [6.45, 7) is 8.89. The highest BCUT2D eigenvalue weighted by Crippen LogP contribution is 2.44. The molecule has 0 radical (unpaired) electrons. The maximum atomic E-state index is 12.5. The van der Waals surface area contributed by atoms with Crippen LogP contribution in [-0.2, 0) is 9.63 Å². The van der Waals surface area contributed by atoms with Crippen molar-refractivity contribution < 1.29 is 13.3 Å². The molecule has 0 aliphatic heterocycles. The van der Waals surface area contributed by atoms with Gasteiger partial charge < -0.3 is 9.11 Å². The predicted octanol–water partition coefficient (Wildman–Crippen LogP) is 2.36. The molecule has 0 aromatic heterocycles. The monoisotopic (exact) mass is 244 g/mol. The topological polar surface area (TPSA) is 57.5 Å². The van der Waals surface area contributed by atoms with Crippen LogP contribution in [0.25, 0.3) is 0 Å². The van der Waals surface area contributed by atoms with Gasteiger partial charge in [0, 0.05) is 0 Å². The minimum Gasteiger partial charge on any atom is -0.305 e. The van der Waals surface area contributed by atoms with E-state index in [1.807, 2.05) is 0 Å². The first-order chi connectivity index (χ1) is 6.91. The Kier molecular flexibility index (Phi) is 3.69. The third-order valence-corrected chi connectivity index (χ3v) is 6.58. The fourth-order valence-corrected chi connectivity index (χ4v) is 3.27. The molecule has 3 nitrogen and oxygen atoms in total. The molecule has 2 N–H and O–H groups in total. The minimum absolute atomic E-state index is 1.43. The second-order valence-corrected chi connectivity index (χ2v) is 8.41. The third kappa shape index (κ3) is 2.01. The van der Waals surface area contributed by atoms with E-state index in [4.69, 9.17) is 0 Å². The summed E-state index contributed by atoms with van der Waals surface area (Å²) in [5.41, 5.74) is 0. The van der Waals surface area contributed by atoms with Crippen molar-refractivity contribution in [2.45, 2.75) is 51.0 Å². The summed E-state index contributed by atoms with van der Waals surface area (Å²) in [6, 6.07) is 0. The molecule has 0 saturated carbocycles. The van der Waals surface area contributed by atoms with E-state index in [0.717, 1.165) is 0 Å². The van der Waals surface area contributed by atoms with Gasteiger partial charge in [0.25, 0.3) is 0 Å². The molecule has 0 amide bonds. The molecule has 0 rings (SSSR count). The Hall–Kier alpha value is -0.810. The van der Waals surface area contributed by atoms with Gasteiger partial charge in [0.2, 0.25) is 0 Å².